The maximum absolute atomic E-state index is 12.7. The average Bonchev–Trinajstić information content (AvgIpc) is 3.35. The highest BCUT2D eigenvalue weighted by Crippen LogP contribution is 2.29. The van der Waals surface area contributed by atoms with Gasteiger partial charge in [0, 0.05) is 17.7 Å². The molecule has 2 aromatic heterocycles. The lowest BCUT2D eigenvalue weighted by Crippen LogP contribution is -2.34. The quantitative estimate of drug-likeness (QED) is 0.427. The molecule has 0 fully saturated rings. The monoisotopic (exact) mass is 466 g/mol. The van der Waals surface area contributed by atoms with Crippen LogP contribution in [-0.4, -0.2) is 37.9 Å². The van der Waals surface area contributed by atoms with Crippen LogP contribution in [0.2, 0.25) is 0 Å². The Morgan fingerprint density at radius 1 is 1.19 bits per heavy atom. The van der Waals surface area contributed by atoms with Crippen LogP contribution in [0.1, 0.15) is 34.2 Å². The molecule has 0 aliphatic rings. The number of amides is 1. The topological polar surface area (TPSA) is 93.4 Å². The zero-order valence-electron chi connectivity index (χ0n) is 18.1. The third-order valence-electron chi connectivity index (χ3n) is 4.99. The predicted octanol–water partition coefficient (Wildman–Crippen LogP) is 4.17. The van der Waals surface area contributed by atoms with Gasteiger partial charge < -0.3 is 10.1 Å². The van der Waals surface area contributed by atoms with Gasteiger partial charge in [0.2, 0.25) is 4.96 Å². The molecule has 0 aliphatic carbocycles. The number of methoxy groups -OCH3 is 1. The largest absolute Gasteiger partial charge is 0.496 e. The lowest BCUT2D eigenvalue weighted by molar-refractivity contribution is 0.0974. The van der Waals surface area contributed by atoms with Gasteiger partial charge in [-0.15, -0.1) is 10.2 Å². The molecule has 0 radical (unpaired) electrons. The second-order valence-electron chi connectivity index (χ2n) is 7.17. The van der Waals surface area contributed by atoms with Gasteiger partial charge in [0.15, 0.2) is 10.9 Å². The first kappa shape index (κ1) is 21.8. The molecule has 8 nitrogen and oxygen atoms in total. The molecule has 32 heavy (non-hydrogen) atoms. The molecule has 0 saturated heterocycles. The van der Waals surface area contributed by atoms with E-state index in [9.17, 15) is 4.79 Å². The van der Waals surface area contributed by atoms with E-state index in [2.05, 4.69) is 25.9 Å². The number of ether oxygens (including phenoxy) is 1. The molecule has 4 aromatic rings. The molecule has 1 amide bonds. The molecule has 0 aliphatic heterocycles. The van der Waals surface area contributed by atoms with E-state index in [0.29, 0.717) is 11.3 Å². The van der Waals surface area contributed by atoms with Crippen LogP contribution in [0, 0.1) is 13.8 Å². The molecule has 2 N–H and O–H groups in total. The lowest BCUT2D eigenvalue weighted by Gasteiger charge is -2.14. The highest BCUT2D eigenvalue weighted by atomic mass is 32.1. The van der Waals surface area contributed by atoms with Crippen LogP contribution in [0.25, 0.3) is 15.5 Å². The fraction of sp³-hybridized carbons (Fsp3) is 0.227. The molecular formula is C22H22N6O2S2. The minimum Gasteiger partial charge on any atom is -0.496 e. The number of para-hydroxylation sites is 1. The molecule has 0 bridgehead atoms. The molecule has 2 aromatic carbocycles. The number of benzene rings is 2. The van der Waals surface area contributed by atoms with Crippen LogP contribution >= 0.6 is 23.6 Å². The number of nitrogens with zero attached hydrogens (tertiary/aromatic N) is 4. The summed E-state index contributed by atoms with van der Waals surface area (Å²) >= 11 is 6.86. The number of thiocarbonyl (C=S) groups is 1. The van der Waals surface area contributed by atoms with Crippen molar-refractivity contribution in [2.45, 2.75) is 27.2 Å². The molecule has 10 heteroatoms. The van der Waals surface area contributed by atoms with E-state index in [1.54, 1.807) is 23.8 Å². The number of rotatable bonds is 5. The van der Waals surface area contributed by atoms with Crippen molar-refractivity contribution in [3.05, 3.63) is 58.9 Å². The Balaban J connectivity index is 1.54. The fourth-order valence-corrected chi connectivity index (χ4v) is 4.37. The first-order valence-corrected chi connectivity index (χ1v) is 11.2. The summed E-state index contributed by atoms with van der Waals surface area (Å²) in [5.74, 6) is 1.02. The summed E-state index contributed by atoms with van der Waals surface area (Å²) < 4.78 is 7.14. The van der Waals surface area contributed by atoms with E-state index < -0.39 is 0 Å². The van der Waals surface area contributed by atoms with E-state index in [0.717, 1.165) is 44.6 Å². The number of anilines is 1. The van der Waals surface area contributed by atoms with Crippen molar-refractivity contribution in [3.8, 4) is 16.3 Å². The van der Waals surface area contributed by atoms with Crippen molar-refractivity contribution in [2.75, 3.05) is 12.4 Å². The number of fused-ring (bicyclic) bond motifs is 1. The molecule has 2 heterocycles. The Morgan fingerprint density at radius 2 is 2.00 bits per heavy atom. The van der Waals surface area contributed by atoms with Gasteiger partial charge in [-0.25, -0.2) is 0 Å². The summed E-state index contributed by atoms with van der Waals surface area (Å²) in [6.45, 7) is 5.87. The van der Waals surface area contributed by atoms with E-state index in [-0.39, 0.29) is 11.0 Å². The van der Waals surface area contributed by atoms with Crippen molar-refractivity contribution in [3.63, 3.8) is 0 Å². The summed E-state index contributed by atoms with van der Waals surface area (Å²) in [5, 5.41) is 19.8. The SMILES string of the molecule is CCc1nnc2sc(-c3ccc(C)c(NC(=S)NC(=O)c4cccc(C)c4OC)c3)nn12. The Labute approximate surface area is 194 Å². The van der Waals surface area contributed by atoms with Crippen LogP contribution in [0.15, 0.2) is 36.4 Å². The molecule has 0 unspecified atom stereocenters. The fourth-order valence-electron chi connectivity index (χ4n) is 3.31. The molecular weight excluding hydrogens is 444 g/mol. The summed E-state index contributed by atoms with van der Waals surface area (Å²) in [7, 11) is 1.54. The number of aryl methyl sites for hydroxylation is 3. The lowest BCUT2D eigenvalue weighted by atomic mass is 10.1. The minimum absolute atomic E-state index is 0.199. The van der Waals surface area contributed by atoms with E-state index in [1.807, 2.05) is 45.0 Å². The van der Waals surface area contributed by atoms with E-state index in [4.69, 9.17) is 17.0 Å². The summed E-state index contributed by atoms with van der Waals surface area (Å²) in [5.41, 5.74) is 3.99. The first-order chi connectivity index (χ1) is 15.4. The van der Waals surface area contributed by atoms with Gasteiger partial charge in [0.25, 0.3) is 5.91 Å². The van der Waals surface area contributed by atoms with Gasteiger partial charge in [-0.3, -0.25) is 10.1 Å². The maximum Gasteiger partial charge on any atom is 0.261 e. The van der Waals surface area contributed by atoms with Gasteiger partial charge in [0.05, 0.1) is 12.7 Å². The van der Waals surface area contributed by atoms with Gasteiger partial charge >= 0.3 is 0 Å². The summed E-state index contributed by atoms with van der Waals surface area (Å²) in [6, 6.07) is 11.3. The Hall–Kier alpha value is -3.37. The minimum atomic E-state index is -0.336. The standard InChI is InChI=1S/C22H22N6O2S2/c1-5-17-25-26-22-28(17)27-20(32-22)14-10-9-12(2)16(11-14)23-21(31)24-19(29)15-8-6-7-13(3)18(15)30-4/h6-11H,5H2,1-4H3,(H2,23,24,29,31). The highest BCUT2D eigenvalue weighted by molar-refractivity contribution is 7.80. The van der Waals surface area contributed by atoms with Crippen molar-refractivity contribution >= 4 is 45.2 Å². The molecule has 0 atom stereocenters. The summed E-state index contributed by atoms with van der Waals surface area (Å²) in [4.78, 5) is 13.5. The molecule has 0 saturated carbocycles. The Morgan fingerprint density at radius 3 is 2.75 bits per heavy atom. The Bertz CT molecular complexity index is 1330. The second-order valence-corrected chi connectivity index (χ2v) is 8.53. The van der Waals surface area contributed by atoms with E-state index in [1.165, 1.54) is 11.3 Å². The zero-order valence-corrected chi connectivity index (χ0v) is 19.7. The van der Waals surface area contributed by atoms with Gasteiger partial charge in [0.1, 0.15) is 10.8 Å². The third-order valence-corrected chi connectivity index (χ3v) is 6.14. The van der Waals surface area contributed by atoms with Crippen LogP contribution < -0.4 is 15.4 Å². The number of hydrogen-bond donors (Lipinski definition) is 2. The normalized spacial score (nSPS) is 10.9. The number of hydrogen-bond acceptors (Lipinski definition) is 7. The van der Waals surface area contributed by atoms with Gasteiger partial charge in [-0.2, -0.15) is 9.61 Å². The van der Waals surface area contributed by atoms with Crippen LogP contribution in [-0.2, 0) is 6.42 Å². The predicted molar refractivity (Wildman–Crippen MR) is 130 cm³/mol. The maximum atomic E-state index is 12.7. The number of nitrogens with one attached hydrogen (secondary N) is 2. The second kappa shape index (κ2) is 9.01. The van der Waals surface area contributed by atoms with Gasteiger partial charge in [-0.05, 0) is 49.3 Å². The number of carbonyl (C=O) groups excluding carboxylic acids is 1. The average molecular weight is 467 g/mol. The summed E-state index contributed by atoms with van der Waals surface area (Å²) in [6.07, 6.45) is 0.755. The first-order valence-electron chi connectivity index (χ1n) is 9.99. The highest BCUT2D eigenvalue weighted by Gasteiger charge is 2.16. The number of aromatic nitrogens is 4. The third kappa shape index (κ3) is 4.19. The molecule has 4 rings (SSSR count). The van der Waals surface area contributed by atoms with Crippen LogP contribution in [0.3, 0.4) is 0 Å². The van der Waals surface area contributed by atoms with Crippen molar-refractivity contribution in [2.24, 2.45) is 0 Å². The molecule has 164 valence electrons. The van der Waals surface area contributed by atoms with Crippen LogP contribution in [0.4, 0.5) is 5.69 Å². The smallest absolute Gasteiger partial charge is 0.261 e. The Kier molecular flexibility index (Phi) is 6.15. The number of carbonyl (C=O) groups is 1. The van der Waals surface area contributed by atoms with Crippen molar-refractivity contribution in [1.82, 2.24) is 25.1 Å². The zero-order chi connectivity index (χ0) is 22.8. The van der Waals surface area contributed by atoms with Gasteiger partial charge in [-0.1, -0.05) is 42.5 Å². The molecule has 0 spiro atoms. The van der Waals surface area contributed by atoms with Crippen molar-refractivity contribution < 1.29 is 9.53 Å². The van der Waals surface area contributed by atoms with Crippen molar-refractivity contribution in [1.29, 1.82) is 0 Å². The van der Waals surface area contributed by atoms with E-state index >= 15 is 0 Å². The van der Waals surface area contributed by atoms with Crippen LogP contribution in [0.5, 0.6) is 5.75 Å².